The van der Waals surface area contributed by atoms with Crippen molar-refractivity contribution in [3.63, 3.8) is 0 Å². The highest BCUT2D eigenvalue weighted by Crippen LogP contribution is 2.38. The van der Waals surface area contributed by atoms with Gasteiger partial charge in [0.1, 0.15) is 5.75 Å². The van der Waals surface area contributed by atoms with Crippen LogP contribution in [0.1, 0.15) is 102 Å². The third kappa shape index (κ3) is 6.69. The van der Waals surface area contributed by atoms with Crippen molar-refractivity contribution in [1.82, 2.24) is 0 Å². The molecule has 0 radical (unpaired) electrons. The van der Waals surface area contributed by atoms with Crippen LogP contribution in [0.5, 0.6) is 5.75 Å². The Bertz CT molecular complexity index is 686. The molecular formula is C27H40O. The van der Waals surface area contributed by atoms with E-state index in [-0.39, 0.29) is 5.41 Å². The summed E-state index contributed by atoms with van der Waals surface area (Å²) in [7, 11) is 0. The topological polar surface area (TPSA) is 20.2 Å². The molecule has 0 aliphatic rings. The first-order valence-corrected chi connectivity index (χ1v) is 11.4. The lowest BCUT2D eigenvalue weighted by Gasteiger charge is -2.29. The van der Waals surface area contributed by atoms with E-state index >= 15 is 0 Å². The number of hydrogen-bond acceptors (Lipinski definition) is 1. The van der Waals surface area contributed by atoms with E-state index < -0.39 is 0 Å². The predicted molar refractivity (Wildman–Crippen MR) is 122 cm³/mol. The lowest BCUT2D eigenvalue weighted by Crippen LogP contribution is -2.21. The second-order valence-corrected chi connectivity index (χ2v) is 8.73. The summed E-state index contributed by atoms with van der Waals surface area (Å²) in [6.45, 7) is 6.72. The van der Waals surface area contributed by atoms with Crippen LogP contribution in [0.4, 0.5) is 0 Å². The molecule has 0 heterocycles. The van der Waals surface area contributed by atoms with Crippen LogP contribution in [0, 0.1) is 0 Å². The average molecular weight is 381 g/mol. The third-order valence-electron chi connectivity index (χ3n) is 6.07. The van der Waals surface area contributed by atoms with Crippen molar-refractivity contribution in [2.24, 2.45) is 0 Å². The van der Waals surface area contributed by atoms with E-state index in [4.69, 9.17) is 0 Å². The fourth-order valence-electron chi connectivity index (χ4n) is 4.30. The van der Waals surface area contributed by atoms with Gasteiger partial charge in [-0.2, -0.15) is 0 Å². The molecule has 0 unspecified atom stereocenters. The molecule has 0 fully saturated rings. The van der Waals surface area contributed by atoms with Gasteiger partial charge in [0.15, 0.2) is 0 Å². The van der Waals surface area contributed by atoms with E-state index in [0.29, 0.717) is 5.75 Å². The van der Waals surface area contributed by atoms with Crippen molar-refractivity contribution in [3.05, 3.63) is 65.2 Å². The van der Waals surface area contributed by atoms with Crippen molar-refractivity contribution in [2.75, 3.05) is 0 Å². The minimum Gasteiger partial charge on any atom is -0.508 e. The van der Waals surface area contributed by atoms with Gasteiger partial charge in [-0.1, -0.05) is 121 Å². The van der Waals surface area contributed by atoms with E-state index in [2.05, 4.69) is 45.0 Å². The van der Waals surface area contributed by atoms with Gasteiger partial charge >= 0.3 is 0 Å². The number of benzene rings is 2. The van der Waals surface area contributed by atoms with Gasteiger partial charge in [0.2, 0.25) is 0 Å². The van der Waals surface area contributed by atoms with E-state index in [1.165, 1.54) is 75.3 Å². The van der Waals surface area contributed by atoms with Crippen molar-refractivity contribution in [1.29, 1.82) is 0 Å². The highest BCUT2D eigenvalue weighted by molar-refractivity contribution is 5.47. The molecule has 1 N–H and O–H groups in total. The summed E-state index contributed by atoms with van der Waals surface area (Å²) in [5.41, 5.74) is 3.58. The molecular weight excluding hydrogens is 340 g/mol. The smallest absolute Gasteiger partial charge is 0.119 e. The molecule has 0 saturated heterocycles. The molecule has 28 heavy (non-hydrogen) atoms. The van der Waals surface area contributed by atoms with Crippen molar-refractivity contribution in [3.8, 4) is 5.75 Å². The van der Waals surface area contributed by atoms with Crippen molar-refractivity contribution in [2.45, 2.75) is 96.8 Å². The zero-order valence-corrected chi connectivity index (χ0v) is 18.3. The van der Waals surface area contributed by atoms with Crippen LogP contribution in [-0.2, 0) is 11.8 Å². The Morgan fingerprint density at radius 1 is 0.643 bits per heavy atom. The Morgan fingerprint density at radius 2 is 1.14 bits per heavy atom. The van der Waals surface area contributed by atoms with Crippen LogP contribution in [0.15, 0.2) is 48.5 Å². The maximum atomic E-state index is 10.4. The molecule has 2 aromatic rings. The fraction of sp³-hybridized carbons (Fsp3) is 0.556. The zero-order valence-electron chi connectivity index (χ0n) is 18.3. The quantitative estimate of drug-likeness (QED) is 0.347. The van der Waals surface area contributed by atoms with Gasteiger partial charge in [-0.05, 0) is 30.0 Å². The summed E-state index contributed by atoms with van der Waals surface area (Å²) in [5, 5.41) is 10.4. The highest BCUT2D eigenvalue weighted by Gasteiger charge is 2.27. The standard InChI is InChI=1S/C27H40O/c1-4-5-6-7-8-9-10-11-12-13-18-23-19-14-15-20-24(23)27(2,3)25-21-16-17-22-26(25)28/h14-17,19-22,28H,4-13,18H2,1-3H3. The normalized spacial score (nSPS) is 11.7. The average Bonchev–Trinajstić information content (AvgIpc) is 2.70. The number of phenolic OH excluding ortho intramolecular Hbond substituents is 1. The van der Waals surface area contributed by atoms with Crippen molar-refractivity contribution < 1.29 is 5.11 Å². The Kier molecular flexibility index (Phi) is 9.61. The van der Waals surface area contributed by atoms with Crippen LogP contribution in [0.25, 0.3) is 0 Å². The van der Waals surface area contributed by atoms with E-state index in [1.807, 2.05) is 18.2 Å². The second-order valence-electron chi connectivity index (χ2n) is 8.73. The van der Waals surface area contributed by atoms with Gasteiger partial charge in [0.25, 0.3) is 0 Å². The first kappa shape index (κ1) is 22.5. The number of para-hydroxylation sites is 1. The molecule has 0 aliphatic carbocycles. The number of aromatic hydroxyl groups is 1. The Morgan fingerprint density at radius 3 is 1.75 bits per heavy atom. The highest BCUT2D eigenvalue weighted by atomic mass is 16.3. The Labute approximate surface area is 173 Å². The van der Waals surface area contributed by atoms with E-state index in [9.17, 15) is 5.11 Å². The molecule has 0 spiro atoms. The molecule has 1 nitrogen and oxygen atoms in total. The first-order valence-electron chi connectivity index (χ1n) is 11.4. The molecule has 154 valence electrons. The zero-order chi connectivity index (χ0) is 20.2. The predicted octanol–water partition coefficient (Wildman–Crippen LogP) is 8.18. The monoisotopic (exact) mass is 380 g/mol. The molecule has 0 amide bonds. The first-order chi connectivity index (χ1) is 13.6. The molecule has 0 aromatic heterocycles. The Balaban J connectivity index is 1.83. The van der Waals surface area contributed by atoms with Gasteiger partial charge in [-0.25, -0.2) is 0 Å². The summed E-state index contributed by atoms with van der Waals surface area (Å²) in [6.07, 6.45) is 14.8. The van der Waals surface area contributed by atoms with Gasteiger partial charge < -0.3 is 5.11 Å². The lowest BCUT2D eigenvalue weighted by molar-refractivity contribution is 0.452. The minimum atomic E-state index is -0.194. The molecule has 2 aromatic carbocycles. The molecule has 0 bridgehead atoms. The fourth-order valence-corrected chi connectivity index (χ4v) is 4.30. The number of unbranched alkanes of at least 4 members (excludes halogenated alkanes) is 9. The third-order valence-corrected chi connectivity index (χ3v) is 6.07. The molecule has 1 heteroatoms. The molecule has 0 aliphatic heterocycles. The summed E-state index contributed by atoms with van der Waals surface area (Å²) >= 11 is 0. The molecule has 0 atom stereocenters. The largest absolute Gasteiger partial charge is 0.508 e. The van der Waals surface area contributed by atoms with Gasteiger partial charge in [0, 0.05) is 11.0 Å². The van der Waals surface area contributed by atoms with Gasteiger partial charge in [-0.15, -0.1) is 0 Å². The van der Waals surface area contributed by atoms with Crippen LogP contribution < -0.4 is 0 Å². The summed E-state index contributed by atoms with van der Waals surface area (Å²) < 4.78 is 0. The summed E-state index contributed by atoms with van der Waals surface area (Å²) in [5.74, 6) is 0.390. The number of hydrogen-bond donors (Lipinski definition) is 1. The summed E-state index contributed by atoms with van der Waals surface area (Å²) in [6, 6.07) is 16.5. The lowest BCUT2D eigenvalue weighted by atomic mass is 9.75. The number of aryl methyl sites for hydroxylation is 1. The van der Waals surface area contributed by atoms with Crippen LogP contribution in [-0.4, -0.2) is 5.11 Å². The minimum absolute atomic E-state index is 0.194. The van der Waals surface area contributed by atoms with Crippen LogP contribution in [0.3, 0.4) is 0 Å². The van der Waals surface area contributed by atoms with Gasteiger partial charge in [0.05, 0.1) is 0 Å². The van der Waals surface area contributed by atoms with Crippen LogP contribution in [0.2, 0.25) is 0 Å². The second kappa shape index (κ2) is 11.9. The summed E-state index contributed by atoms with van der Waals surface area (Å²) in [4.78, 5) is 0. The number of phenols is 1. The maximum Gasteiger partial charge on any atom is 0.119 e. The molecule has 0 saturated carbocycles. The van der Waals surface area contributed by atoms with Gasteiger partial charge in [-0.3, -0.25) is 0 Å². The SMILES string of the molecule is CCCCCCCCCCCCc1ccccc1C(C)(C)c1ccccc1O. The number of rotatable bonds is 13. The van der Waals surface area contributed by atoms with Crippen LogP contribution >= 0.6 is 0 Å². The van der Waals surface area contributed by atoms with Crippen molar-refractivity contribution >= 4 is 0 Å². The van der Waals surface area contributed by atoms with E-state index in [1.54, 1.807) is 6.07 Å². The maximum absolute atomic E-state index is 10.4. The van der Waals surface area contributed by atoms with E-state index in [0.717, 1.165) is 12.0 Å². The Hall–Kier alpha value is -1.76. The molecule has 2 rings (SSSR count).